The average Bonchev–Trinajstić information content (AvgIpc) is 3.02. The predicted molar refractivity (Wildman–Crippen MR) is 186 cm³/mol. The average molecular weight is 646 g/mol. The minimum atomic E-state index is -0.647. The quantitative estimate of drug-likeness (QED) is 0.0861. The molecule has 1 aromatic carbocycles. The number of carbonyl (C=O) groups excluding carboxylic acids is 2. The van der Waals surface area contributed by atoms with Crippen LogP contribution in [0.15, 0.2) is 30.3 Å². The van der Waals surface area contributed by atoms with E-state index in [4.69, 9.17) is 14.3 Å². The summed E-state index contributed by atoms with van der Waals surface area (Å²) >= 11 is 0. The van der Waals surface area contributed by atoms with Crippen molar-refractivity contribution in [2.75, 3.05) is 19.8 Å². The molecule has 1 N–H and O–H groups in total. The molecule has 0 radical (unpaired) electrons. The number of aliphatic hydroxyl groups is 1. The molecular formula is C39H67NO6. The zero-order valence-electron chi connectivity index (χ0n) is 31.1. The Labute approximate surface area is 281 Å². The smallest absolute Gasteiger partial charge is 0.309 e. The fourth-order valence-corrected chi connectivity index (χ4v) is 6.94. The lowest BCUT2D eigenvalue weighted by Gasteiger charge is -2.56. The molecule has 0 aliphatic carbocycles. The summed E-state index contributed by atoms with van der Waals surface area (Å²) in [5, 5.41) is 11.5. The number of hydrogen-bond donors (Lipinski definition) is 1. The third kappa shape index (κ3) is 10.1. The summed E-state index contributed by atoms with van der Waals surface area (Å²) < 4.78 is 12.4. The number of piperidine rings is 1. The van der Waals surface area contributed by atoms with E-state index in [1.54, 1.807) is 0 Å². The van der Waals surface area contributed by atoms with E-state index in [1.165, 1.54) is 5.56 Å². The topological polar surface area (TPSA) is 85.3 Å². The van der Waals surface area contributed by atoms with Crippen LogP contribution in [-0.4, -0.2) is 59.1 Å². The number of aliphatic hydroxyl groups excluding tert-OH is 1. The zero-order chi connectivity index (χ0) is 34.8. The number of hydroxylamine groups is 2. The largest absolute Gasteiger partial charge is 0.465 e. The van der Waals surface area contributed by atoms with Crippen molar-refractivity contribution in [2.45, 2.75) is 157 Å². The van der Waals surface area contributed by atoms with E-state index in [2.05, 4.69) is 98.6 Å². The molecule has 6 unspecified atom stereocenters. The van der Waals surface area contributed by atoms with Gasteiger partial charge < -0.3 is 14.6 Å². The first-order valence-electron chi connectivity index (χ1n) is 18.0. The van der Waals surface area contributed by atoms with Crippen LogP contribution in [0.1, 0.15) is 145 Å². The van der Waals surface area contributed by atoms with E-state index in [1.807, 2.05) is 13.0 Å². The summed E-state index contributed by atoms with van der Waals surface area (Å²) in [4.78, 5) is 34.2. The lowest BCUT2D eigenvalue weighted by molar-refractivity contribution is -0.365. The standard InChI is InChI=1S/C39H67NO6/c1-12-15-24-45-35(43)32(26-36(6,7)29(4)31-21-17-16-18-22-31)37(8,9)28-34(44-25-20-19-23-41)46-40-38(10,13-2)27-33(42)30(5)39(40,11)14-3/h16-18,21-22,29-30,32,34,41H,12-15,19-20,23-28H2,1-11H3. The van der Waals surface area contributed by atoms with E-state index >= 15 is 0 Å². The van der Waals surface area contributed by atoms with Crippen molar-refractivity contribution < 1.29 is 29.0 Å². The SMILES string of the molecule is CCCCOC(=O)C(CC(C)(C)C(C)c1ccccc1)C(C)(C)CC(OCCCCO)ON1C(C)(CC)CC(=O)C(C)C1(C)CC. The van der Waals surface area contributed by atoms with Crippen LogP contribution in [0.3, 0.4) is 0 Å². The van der Waals surface area contributed by atoms with Crippen molar-refractivity contribution in [3.05, 3.63) is 35.9 Å². The van der Waals surface area contributed by atoms with E-state index in [9.17, 15) is 14.7 Å². The van der Waals surface area contributed by atoms with Crippen LogP contribution in [0.25, 0.3) is 0 Å². The lowest BCUT2D eigenvalue weighted by atomic mass is 9.64. The monoisotopic (exact) mass is 645 g/mol. The van der Waals surface area contributed by atoms with Gasteiger partial charge in [-0.25, -0.2) is 0 Å². The number of carbonyl (C=O) groups is 2. The van der Waals surface area contributed by atoms with Crippen molar-refractivity contribution >= 4 is 11.8 Å². The number of ether oxygens (including phenoxy) is 2. The van der Waals surface area contributed by atoms with Gasteiger partial charge in [0.25, 0.3) is 0 Å². The van der Waals surface area contributed by atoms with Crippen molar-refractivity contribution in [2.24, 2.45) is 22.7 Å². The number of unbranched alkanes of at least 4 members (excludes halogenated alkanes) is 2. The Balaban J connectivity index is 2.49. The summed E-state index contributed by atoms with van der Waals surface area (Å²) in [5.74, 6) is -0.268. The second kappa shape index (κ2) is 17.6. The maximum Gasteiger partial charge on any atom is 0.309 e. The highest BCUT2D eigenvalue weighted by atomic mass is 16.8. The molecule has 1 heterocycles. The maximum atomic E-state index is 14.0. The van der Waals surface area contributed by atoms with Gasteiger partial charge in [0, 0.05) is 32.0 Å². The van der Waals surface area contributed by atoms with Crippen LogP contribution < -0.4 is 0 Å². The number of rotatable bonds is 20. The maximum absolute atomic E-state index is 14.0. The molecule has 6 atom stereocenters. The minimum Gasteiger partial charge on any atom is -0.465 e. The Hall–Kier alpha value is -1.80. The van der Waals surface area contributed by atoms with Crippen LogP contribution in [-0.2, 0) is 23.9 Å². The van der Waals surface area contributed by atoms with Gasteiger partial charge in [-0.15, -0.1) is 0 Å². The number of nitrogens with zero attached hydrogens (tertiary/aromatic N) is 1. The molecule has 1 aliphatic rings. The second-order valence-corrected chi connectivity index (χ2v) is 15.6. The van der Waals surface area contributed by atoms with Crippen LogP contribution in [0, 0.1) is 22.7 Å². The summed E-state index contributed by atoms with van der Waals surface area (Å²) in [7, 11) is 0. The van der Waals surface area contributed by atoms with E-state index < -0.39 is 28.7 Å². The first-order chi connectivity index (χ1) is 21.5. The molecule has 0 amide bonds. The molecule has 1 saturated heterocycles. The summed E-state index contributed by atoms with van der Waals surface area (Å²) in [6.07, 6.45) is 5.51. The molecule has 1 aromatic rings. The van der Waals surface area contributed by atoms with E-state index in [-0.39, 0.29) is 35.6 Å². The number of Topliss-reactive ketones (excluding diaryl/α,β-unsaturated/α-hetero) is 1. The van der Waals surface area contributed by atoms with Crippen LogP contribution in [0.2, 0.25) is 0 Å². The minimum absolute atomic E-state index is 0.105. The molecule has 0 spiro atoms. The summed E-state index contributed by atoms with van der Waals surface area (Å²) in [5.41, 5.74) is -0.487. The molecule has 1 aliphatic heterocycles. The fourth-order valence-electron chi connectivity index (χ4n) is 6.94. The molecule has 7 nitrogen and oxygen atoms in total. The highest BCUT2D eigenvalue weighted by Crippen LogP contribution is 2.48. The zero-order valence-corrected chi connectivity index (χ0v) is 31.1. The second-order valence-electron chi connectivity index (χ2n) is 15.6. The molecule has 0 saturated carbocycles. The normalized spacial score (nSPS) is 24.9. The van der Waals surface area contributed by atoms with Gasteiger partial charge in [0.05, 0.1) is 23.6 Å². The lowest BCUT2D eigenvalue weighted by Crippen LogP contribution is -2.67. The van der Waals surface area contributed by atoms with Crippen molar-refractivity contribution in [3.8, 4) is 0 Å². The molecule has 1 fully saturated rings. The van der Waals surface area contributed by atoms with Gasteiger partial charge in [-0.05, 0) is 74.7 Å². The molecule has 46 heavy (non-hydrogen) atoms. The molecule has 7 heteroatoms. The number of ketones is 1. The third-order valence-electron chi connectivity index (χ3n) is 11.3. The number of hydrogen-bond acceptors (Lipinski definition) is 7. The molecular weight excluding hydrogens is 578 g/mol. The third-order valence-corrected chi connectivity index (χ3v) is 11.3. The van der Waals surface area contributed by atoms with Crippen molar-refractivity contribution in [3.63, 3.8) is 0 Å². The van der Waals surface area contributed by atoms with Gasteiger partial charge in [0.2, 0.25) is 0 Å². The molecule has 2 rings (SSSR count). The van der Waals surface area contributed by atoms with Gasteiger partial charge >= 0.3 is 5.97 Å². The van der Waals surface area contributed by atoms with Gasteiger partial charge in [0.1, 0.15) is 5.78 Å². The van der Waals surface area contributed by atoms with E-state index in [0.29, 0.717) is 45.3 Å². The summed E-state index contributed by atoms with van der Waals surface area (Å²) in [6.45, 7) is 24.5. The Kier molecular flexibility index (Phi) is 15.4. The Bertz CT molecular complexity index is 1070. The van der Waals surface area contributed by atoms with Crippen molar-refractivity contribution in [1.29, 1.82) is 0 Å². The Morgan fingerprint density at radius 3 is 2.20 bits per heavy atom. The first kappa shape index (κ1) is 40.4. The van der Waals surface area contributed by atoms with Crippen LogP contribution >= 0.6 is 0 Å². The highest BCUT2D eigenvalue weighted by Gasteiger charge is 2.55. The summed E-state index contributed by atoms with van der Waals surface area (Å²) in [6, 6.07) is 10.5. The van der Waals surface area contributed by atoms with Crippen LogP contribution in [0.5, 0.6) is 0 Å². The number of benzene rings is 1. The first-order valence-corrected chi connectivity index (χ1v) is 18.0. The Morgan fingerprint density at radius 2 is 1.63 bits per heavy atom. The van der Waals surface area contributed by atoms with Crippen LogP contribution in [0.4, 0.5) is 0 Å². The molecule has 264 valence electrons. The van der Waals surface area contributed by atoms with Crippen molar-refractivity contribution in [1.82, 2.24) is 5.06 Å². The molecule has 0 bridgehead atoms. The van der Waals surface area contributed by atoms with Gasteiger partial charge in [0.15, 0.2) is 6.29 Å². The number of esters is 1. The fraction of sp³-hybridized carbons (Fsp3) is 0.795. The highest BCUT2D eigenvalue weighted by molar-refractivity contribution is 5.84. The van der Waals surface area contributed by atoms with Gasteiger partial charge in [-0.3, -0.25) is 14.4 Å². The van der Waals surface area contributed by atoms with E-state index in [0.717, 1.165) is 25.7 Å². The molecule has 0 aromatic heterocycles. The predicted octanol–water partition coefficient (Wildman–Crippen LogP) is 8.88. The van der Waals surface area contributed by atoms with Gasteiger partial charge in [-0.2, -0.15) is 5.06 Å². The van der Waals surface area contributed by atoms with Gasteiger partial charge in [-0.1, -0.05) is 99.1 Å². The Morgan fingerprint density at radius 1 is 0.978 bits per heavy atom.